The summed E-state index contributed by atoms with van der Waals surface area (Å²) in [4.78, 5) is 36.3. The minimum Gasteiger partial charge on any atom is -0.358 e. The third kappa shape index (κ3) is 4.81. The Morgan fingerprint density at radius 3 is 2.52 bits per heavy atom. The van der Waals surface area contributed by atoms with Crippen molar-refractivity contribution < 1.29 is 9.59 Å². The SMILES string of the molecule is CN1CCN=C1c1ccc(C(=O)Cc2ccccc2C(=O)Nc2ccc(Cl)cn2)cc1. The van der Waals surface area contributed by atoms with Crippen LogP contribution in [0.3, 0.4) is 0 Å². The molecule has 2 heterocycles. The van der Waals surface area contributed by atoms with Crippen LogP contribution in [-0.2, 0) is 6.42 Å². The summed E-state index contributed by atoms with van der Waals surface area (Å²) in [6.07, 6.45) is 1.59. The van der Waals surface area contributed by atoms with Gasteiger partial charge in [0.25, 0.3) is 5.91 Å². The van der Waals surface area contributed by atoms with Gasteiger partial charge in [0.2, 0.25) is 0 Å². The number of hydrogen-bond acceptors (Lipinski definition) is 5. The van der Waals surface area contributed by atoms with Gasteiger partial charge in [0.15, 0.2) is 5.78 Å². The van der Waals surface area contributed by atoms with E-state index in [1.54, 1.807) is 30.3 Å². The van der Waals surface area contributed by atoms with E-state index in [-0.39, 0.29) is 18.1 Å². The number of halogens is 1. The van der Waals surface area contributed by atoms with Crippen molar-refractivity contribution >= 4 is 34.9 Å². The van der Waals surface area contributed by atoms with Gasteiger partial charge >= 0.3 is 0 Å². The Morgan fingerprint density at radius 1 is 1.06 bits per heavy atom. The van der Waals surface area contributed by atoms with Crippen molar-refractivity contribution in [2.24, 2.45) is 4.99 Å². The first-order valence-corrected chi connectivity index (χ1v) is 10.3. The zero-order valence-corrected chi connectivity index (χ0v) is 17.8. The largest absolute Gasteiger partial charge is 0.358 e. The molecule has 6 nitrogen and oxygen atoms in total. The standard InChI is InChI=1S/C24H21ClN4O2/c1-29-13-12-26-23(29)17-8-6-16(7-9-17)21(30)14-18-4-2-3-5-20(18)24(31)28-22-11-10-19(25)15-27-22/h2-11,15H,12-14H2,1H3,(H,27,28,31). The third-order valence-electron chi connectivity index (χ3n) is 5.11. The highest BCUT2D eigenvalue weighted by Gasteiger charge is 2.17. The number of benzene rings is 2. The minimum atomic E-state index is -0.323. The number of nitrogens with one attached hydrogen (secondary N) is 1. The molecule has 1 N–H and O–H groups in total. The molecule has 1 amide bonds. The van der Waals surface area contributed by atoms with Crippen LogP contribution in [0.2, 0.25) is 5.02 Å². The molecule has 7 heteroatoms. The number of rotatable bonds is 6. The lowest BCUT2D eigenvalue weighted by atomic mass is 9.97. The number of amidine groups is 1. The van der Waals surface area contributed by atoms with E-state index in [2.05, 4.69) is 20.2 Å². The van der Waals surface area contributed by atoms with Crippen LogP contribution < -0.4 is 5.32 Å². The lowest BCUT2D eigenvalue weighted by Gasteiger charge is -2.14. The lowest BCUT2D eigenvalue weighted by Crippen LogP contribution is -2.23. The van der Waals surface area contributed by atoms with Gasteiger partial charge in [-0.15, -0.1) is 0 Å². The molecule has 1 aromatic heterocycles. The molecule has 0 fully saturated rings. The molecule has 0 saturated heterocycles. The van der Waals surface area contributed by atoms with Crippen molar-refractivity contribution in [3.63, 3.8) is 0 Å². The molecule has 0 unspecified atom stereocenters. The molecule has 0 aliphatic carbocycles. The van der Waals surface area contributed by atoms with E-state index in [9.17, 15) is 9.59 Å². The first-order valence-electron chi connectivity index (χ1n) is 9.91. The second kappa shape index (κ2) is 9.10. The number of carbonyl (C=O) groups excluding carboxylic acids is 2. The number of ketones is 1. The second-order valence-electron chi connectivity index (χ2n) is 7.28. The van der Waals surface area contributed by atoms with Crippen molar-refractivity contribution in [3.05, 3.63) is 94.1 Å². The maximum absolute atomic E-state index is 12.9. The molecule has 1 aliphatic rings. The van der Waals surface area contributed by atoms with Gasteiger partial charge in [0.1, 0.15) is 11.7 Å². The van der Waals surface area contributed by atoms with Gasteiger partial charge in [-0.1, -0.05) is 54.1 Å². The summed E-state index contributed by atoms with van der Waals surface area (Å²) in [7, 11) is 2.01. The zero-order chi connectivity index (χ0) is 21.8. The number of pyridine rings is 1. The summed E-state index contributed by atoms with van der Waals surface area (Å²) in [5, 5.41) is 3.23. The fraction of sp³-hybridized carbons (Fsp3) is 0.167. The minimum absolute atomic E-state index is 0.0573. The average molecular weight is 433 g/mol. The summed E-state index contributed by atoms with van der Waals surface area (Å²) in [5.41, 5.74) is 2.68. The van der Waals surface area contributed by atoms with Crippen LogP contribution in [0, 0.1) is 0 Å². The molecule has 1 aliphatic heterocycles. The number of nitrogens with zero attached hydrogens (tertiary/aromatic N) is 3. The van der Waals surface area contributed by atoms with Gasteiger partial charge in [0.05, 0.1) is 11.6 Å². The molecule has 0 bridgehead atoms. The molecule has 0 saturated carbocycles. The van der Waals surface area contributed by atoms with Crippen LogP contribution in [0.4, 0.5) is 5.82 Å². The summed E-state index contributed by atoms with van der Waals surface area (Å²) >= 11 is 5.84. The summed E-state index contributed by atoms with van der Waals surface area (Å²) < 4.78 is 0. The van der Waals surface area contributed by atoms with Crippen molar-refractivity contribution in [3.8, 4) is 0 Å². The third-order valence-corrected chi connectivity index (χ3v) is 5.33. The van der Waals surface area contributed by atoms with Crippen LogP contribution in [0.1, 0.15) is 31.8 Å². The number of aromatic nitrogens is 1. The van der Waals surface area contributed by atoms with Gasteiger partial charge in [-0.05, 0) is 23.8 Å². The van der Waals surface area contributed by atoms with Gasteiger partial charge < -0.3 is 10.2 Å². The molecule has 2 aromatic carbocycles. The van der Waals surface area contributed by atoms with E-state index < -0.39 is 0 Å². The molecular formula is C24H21ClN4O2. The summed E-state index contributed by atoms with van der Waals surface area (Å²) in [6.45, 7) is 1.69. The van der Waals surface area contributed by atoms with E-state index in [4.69, 9.17) is 11.6 Å². The summed E-state index contributed by atoms with van der Waals surface area (Å²) in [5.74, 6) is 0.955. The number of Topliss-reactive ketones (excluding diaryl/α,β-unsaturated/α-hetero) is 1. The Balaban J connectivity index is 1.48. The van der Waals surface area contributed by atoms with Crippen molar-refractivity contribution in [2.45, 2.75) is 6.42 Å². The fourth-order valence-electron chi connectivity index (χ4n) is 3.45. The van der Waals surface area contributed by atoms with Gasteiger partial charge in [-0.2, -0.15) is 0 Å². The predicted molar refractivity (Wildman–Crippen MR) is 122 cm³/mol. The normalized spacial score (nSPS) is 13.1. The smallest absolute Gasteiger partial charge is 0.257 e. The average Bonchev–Trinajstić information content (AvgIpc) is 3.21. The van der Waals surface area contributed by atoms with Crippen LogP contribution in [-0.4, -0.2) is 47.5 Å². The maximum Gasteiger partial charge on any atom is 0.257 e. The molecule has 31 heavy (non-hydrogen) atoms. The Hall–Kier alpha value is -3.51. The maximum atomic E-state index is 12.9. The number of anilines is 1. The van der Waals surface area contributed by atoms with E-state index in [1.165, 1.54) is 6.20 Å². The highest BCUT2D eigenvalue weighted by molar-refractivity contribution is 6.30. The van der Waals surface area contributed by atoms with E-state index in [0.717, 1.165) is 24.5 Å². The topological polar surface area (TPSA) is 74.7 Å². The van der Waals surface area contributed by atoms with Gasteiger partial charge in [0, 0.05) is 42.9 Å². The highest BCUT2D eigenvalue weighted by Crippen LogP contribution is 2.17. The molecule has 3 aromatic rings. The number of carbonyl (C=O) groups is 2. The Bertz CT molecular complexity index is 1140. The van der Waals surface area contributed by atoms with E-state index >= 15 is 0 Å². The quantitative estimate of drug-likeness (QED) is 0.595. The van der Waals surface area contributed by atoms with Crippen LogP contribution in [0.15, 0.2) is 71.9 Å². The van der Waals surface area contributed by atoms with Crippen molar-refractivity contribution in [1.29, 1.82) is 0 Å². The molecular weight excluding hydrogens is 412 g/mol. The number of hydrogen-bond donors (Lipinski definition) is 1. The van der Waals surface area contributed by atoms with Gasteiger partial charge in [-0.25, -0.2) is 4.98 Å². The number of amides is 1. The van der Waals surface area contributed by atoms with E-state index in [0.29, 0.717) is 27.5 Å². The molecule has 4 rings (SSSR count). The van der Waals surface area contributed by atoms with Crippen molar-refractivity contribution in [1.82, 2.24) is 9.88 Å². The fourth-order valence-corrected chi connectivity index (χ4v) is 3.57. The monoisotopic (exact) mass is 432 g/mol. The van der Waals surface area contributed by atoms with E-state index in [1.807, 2.05) is 37.4 Å². The molecule has 0 atom stereocenters. The predicted octanol–water partition coefficient (Wildman–Crippen LogP) is 4.10. The lowest BCUT2D eigenvalue weighted by molar-refractivity contribution is 0.0992. The number of aliphatic imine (C=N–C) groups is 1. The molecule has 0 spiro atoms. The molecule has 0 radical (unpaired) electrons. The number of likely N-dealkylation sites (N-methyl/N-ethyl adjacent to an activating group) is 1. The van der Waals surface area contributed by atoms with Crippen molar-refractivity contribution in [2.75, 3.05) is 25.5 Å². The second-order valence-corrected chi connectivity index (χ2v) is 7.71. The molecule has 156 valence electrons. The first-order chi connectivity index (χ1) is 15.0. The Labute approximate surface area is 185 Å². The first kappa shape index (κ1) is 20.8. The van der Waals surface area contributed by atoms with Gasteiger partial charge in [-0.3, -0.25) is 14.6 Å². The Kier molecular flexibility index (Phi) is 6.09. The van der Waals surface area contributed by atoms with Crippen LogP contribution in [0.5, 0.6) is 0 Å². The summed E-state index contributed by atoms with van der Waals surface area (Å²) in [6, 6.07) is 17.8. The zero-order valence-electron chi connectivity index (χ0n) is 17.0. The van der Waals surface area contributed by atoms with Crippen LogP contribution >= 0.6 is 11.6 Å². The Morgan fingerprint density at radius 2 is 1.84 bits per heavy atom. The highest BCUT2D eigenvalue weighted by atomic mass is 35.5. The van der Waals surface area contributed by atoms with Crippen LogP contribution in [0.25, 0.3) is 0 Å².